The number of fused-ring (bicyclic) bond motifs is 1. The van der Waals surface area contributed by atoms with Gasteiger partial charge in [0.1, 0.15) is 5.56 Å². The summed E-state index contributed by atoms with van der Waals surface area (Å²) in [6.45, 7) is 1.40. The van der Waals surface area contributed by atoms with Crippen molar-refractivity contribution in [2.45, 2.75) is 17.9 Å². The number of nitrogens with zero attached hydrogens (tertiary/aromatic N) is 2. The Morgan fingerprint density at radius 3 is 3.11 bits per heavy atom. The molecule has 2 aromatic rings. The molecule has 98 valence electrons. The monoisotopic (exact) mass is 275 g/mol. The van der Waals surface area contributed by atoms with E-state index in [1.54, 1.807) is 10.7 Å². The number of carbonyl (C=O) groups excluding carboxylic acids is 1. The van der Waals surface area contributed by atoms with Crippen LogP contribution in [-0.4, -0.2) is 22.3 Å². The van der Waals surface area contributed by atoms with E-state index in [1.807, 2.05) is 18.2 Å². The first-order valence-electron chi connectivity index (χ1n) is 6.03. The second-order valence-corrected chi connectivity index (χ2v) is 4.74. The van der Waals surface area contributed by atoms with Gasteiger partial charge in [-0.3, -0.25) is 4.79 Å². The van der Waals surface area contributed by atoms with Gasteiger partial charge in [0.25, 0.3) is 5.91 Å². The molecule has 0 bridgehead atoms. The molecule has 0 fully saturated rings. The van der Waals surface area contributed by atoms with E-state index in [0.29, 0.717) is 23.7 Å². The summed E-state index contributed by atoms with van der Waals surface area (Å²) in [6, 6.07) is 7.34. The molecule has 1 amide bonds. The molecular formula is C13H13N3O2S. The maximum Gasteiger partial charge on any atom is 0.262 e. The van der Waals surface area contributed by atoms with Crippen molar-refractivity contribution >= 4 is 24.2 Å². The molecular weight excluding hydrogens is 262 g/mol. The fourth-order valence-electron chi connectivity index (χ4n) is 1.99. The zero-order valence-electron chi connectivity index (χ0n) is 10.2. The van der Waals surface area contributed by atoms with E-state index in [0.717, 1.165) is 17.9 Å². The summed E-state index contributed by atoms with van der Waals surface area (Å²) in [6.07, 6.45) is 2.45. The first-order valence-corrected chi connectivity index (χ1v) is 6.48. The largest absolute Gasteiger partial charge is 0.477 e. The Bertz CT molecular complexity index is 624. The number of ether oxygens (including phenoxy) is 1. The third-order valence-electron chi connectivity index (χ3n) is 2.94. The van der Waals surface area contributed by atoms with Crippen molar-refractivity contribution in [2.24, 2.45) is 0 Å². The van der Waals surface area contributed by atoms with Gasteiger partial charge in [-0.15, -0.1) is 12.6 Å². The van der Waals surface area contributed by atoms with Gasteiger partial charge in [-0.05, 0) is 12.1 Å². The molecule has 6 heteroatoms. The van der Waals surface area contributed by atoms with Crippen LogP contribution in [-0.2, 0) is 6.54 Å². The fraction of sp³-hybridized carbons (Fsp3) is 0.231. The number of aryl methyl sites for hydroxylation is 1. The predicted octanol–water partition coefficient (Wildman–Crippen LogP) is 2.21. The Morgan fingerprint density at radius 2 is 2.26 bits per heavy atom. The Hall–Kier alpha value is -1.95. The van der Waals surface area contributed by atoms with Crippen LogP contribution < -0.4 is 10.1 Å². The number of anilines is 1. The summed E-state index contributed by atoms with van der Waals surface area (Å²) in [4.78, 5) is 12.9. The number of benzene rings is 1. The normalized spacial score (nSPS) is 13.5. The van der Waals surface area contributed by atoms with Gasteiger partial charge in [-0.25, -0.2) is 4.68 Å². The van der Waals surface area contributed by atoms with E-state index in [2.05, 4.69) is 23.0 Å². The lowest BCUT2D eigenvalue weighted by molar-refractivity contribution is 0.102. The van der Waals surface area contributed by atoms with E-state index < -0.39 is 0 Å². The van der Waals surface area contributed by atoms with Crippen LogP contribution in [0, 0.1) is 0 Å². The molecule has 0 saturated carbocycles. The number of hydrogen-bond acceptors (Lipinski definition) is 4. The SMILES string of the molecule is O=C(Nc1ccccc1S)c1cnn2c1OCCC2. The summed E-state index contributed by atoms with van der Waals surface area (Å²) >= 11 is 4.30. The van der Waals surface area contributed by atoms with Crippen molar-refractivity contribution < 1.29 is 9.53 Å². The molecule has 0 unspecified atom stereocenters. The van der Waals surface area contributed by atoms with Crippen LogP contribution in [0.1, 0.15) is 16.8 Å². The summed E-state index contributed by atoms with van der Waals surface area (Å²) in [7, 11) is 0. The van der Waals surface area contributed by atoms with Crippen LogP contribution in [0.25, 0.3) is 0 Å². The minimum Gasteiger partial charge on any atom is -0.477 e. The molecule has 0 saturated heterocycles. The number of nitrogens with one attached hydrogen (secondary N) is 1. The van der Waals surface area contributed by atoms with Crippen LogP contribution >= 0.6 is 12.6 Å². The standard InChI is InChI=1S/C13H13N3O2S/c17-12(15-10-4-1-2-5-11(10)19)9-8-14-16-6-3-7-18-13(9)16/h1-2,4-5,8,19H,3,6-7H2,(H,15,17). The molecule has 1 N–H and O–H groups in total. The second kappa shape index (κ2) is 4.97. The van der Waals surface area contributed by atoms with Crippen LogP contribution in [0.5, 0.6) is 5.88 Å². The number of hydrogen-bond donors (Lipinski definition) is 2. The van der Waals surface area contributed by atoms with Crippen LogP contribution in [0.4, 0.5) is 5.69 Å². The van der Waals surface area contributed by atoms with Gasteiger partial charge in [0.05, 0.1) is 18.5 Å². The van der Waals surface area contributed by atoms with Crippen molar-refractivity contribution in [1.82, 2.24) is 9.78 Å². The number of rotatable bonds is 2. The molecule has 3 rings (SSSR count). The average Bonchev–Trinajstić information content (AvgIpc) is 2.85. The number of carbonyl (C=O) groups is 1. The van der Waals surface area contributed by atoms with Crippen molar-refractivity contribution in [3.8, 4) is 5.88 Å². The van der Waals surface area contributed by atoms with Crippen molar-refractivity contribution in [1.29, 1.82) is 0 Å². The zero-order valence-corrected chi connectivity index (χ0v) is 11.1. The lowest BCUT2D eigenvalue weighted by Crippen LogP contribution is -2.18. The highest BCUT2D eigenvalue weighted by molar-refractivity contribution is 7.80. The number of aromatic nitrogens is 2. The van der Waals surface area contributed by atoms with Gasteiger partial charge >= 0.3 is 0 Å². The van der Waals surface area contributed by atoms with Crippen molar-refractivity contribution in [3.63, 3.8) is 0 Å². The lowest BCUT2D eigenvalue weighted by Gasteiger charge is -2.16. The minimum atomic E-state index is -0.232. The molecule has 1 aliphatic heterocycles. The first kappa shape index (κ1) is 12.1. The van der Waals surface area contributed by atoms with Crippen LogP contribution in [0.15, 0.2) is 35.4 Å². The van der Waals surface area contributed by atoms with E-state index in [-0.39, 0.29) is 5.91 Å². The Balaban J connectivity index is 1.85. The number of thiol groups is 1. The molecule has 5 nitrogen and oxygen atoms in total. The fourth-order valence-corrected chi connectivity index (χ4v) is 2.21. The summed E-state index contributed by atoms with van der Waals surface area (Å²) < 4.78 is 7.22. The summed E-state index contributed by atoms with van der Waals surface area (Å²) in [5.74, 6) is 0.310. The van der Waals surface area contributed by atoms with E-state index >= 15 is 0 Å². The lowest BCUT2D eigenvalue weighted by atomic mass is 10.2. The molecule has 1 aliphatic rings. The molecule has 0 radical (unpaired) electrons. The highest BCUT2D eigenvalue weighted by Gasteiger charge is 2.21. The summed E-state index contributed by atoms with van der Waals surface area (Å²) in [5.41, 5.74) is 1.13. The Labute approximate surface area is 116 Å². The predicted molar refractivity (Wildman–Crippen MR) is 74.0 cm³/mol. The van der Waals surface area contributed by atoms with Crippen LogP contribution in [0.2, 0.25) is 0 Å². The molecule has 19 heavy (non-hydrogen) atoms. The van der Waals surface area contributed by atoms with Crippen molar-refractivity contribution in [3.05, 3.63) is 36.0 Å². The van der Waals surface area contributed by atoms with E-state index in [4.69, 9.17) is 4.74 Å². The van der Waals surface area contributed by atoms with Crippen LogP contribution in [0.3, 0.4) is 0 Å². The maximum absolute atomic E-state index is 12.2. The maximum atomic E-state index is 12.2. The van der Waals surface area contributed by atoms with E-state index in [1.165, 1.54) is 6.20 Å². The summed E-state index contributed by atoms with van der Waals surface area (Å²) in [5, 5.41) is 6.97. The number of amides is 1. The molecule has 0 atom stereocenters. The molecule has 1 aromatic carbocycles. The van der Waals surface area contributed by atoms with Gasteiger partial charge in [0.15, 0.2) is 0 Å². The average molecular weight is 275 g/mol. The third-order valence-corrected chi connectivity index (χ3v) is 3.33. The Kier molecular flexibility index (Phi) is 3.16. The molecule has 0 spiro atoms. The zero-order chi connectivity index (χ0) is 13.2. The third kappa shape index (κ3) is 2.31. The smallest absolute Gasteiger partial charge is 0.262 e. The highest BCUT2D eigenvalue weighted by Crippen LogP contribution is 2.25. The minimum absolute atomic E-state index is 0.232. The van der Waals surface area contributed by atoms with Gasteiger partial charge in [0.2, 0.25) is 5.88 Å². The highest BCUT2D eigenvalue weighted by atomic mass is 32.1. The molecule has 1 aromatic heterocycles. The van der Waals surface area contributed by atoms with Gasteiger partial charge in [-0.2, -0.15) is 5.10 Å². The quantitative estimate of drug-likeness (QED) is 0.826. The molecule has 0 aliphatic carbocycles. The van der Waals surface area contributed by atoms with Gasteiger partial charge in [0, 0.05) is 17.9 Å². The molecule has 2 heterocycles. The van der Waals surface area contributed by atoms with E-state index in [9.17, 15) is 4.79 Å². The second-order valence-electron chi connectivity index (χ2n) is 4.26. The van der Waals surface area contributed by atoms with Gasteiger partial charge < -0.3 is 10.1 Å². The Morgan fingerprint density at radius 1 is 1.42 bits per heavy atom. The first-order chi connectivity index (χ1) is 9.25. The number of para-hydroxylation sites is 1. The topological polar surface area (TPSA) is 56.2 Å². The van der Waals surface area contributed by atoms with Crippen molar-refractivity contribution in [2.75, 3.05) is 11.9 Å². The van der Waals surface area contributed by atoms with Gasteiger partial charge in [-0.1, -0.05) is 12.1 Å².